The number of hydrogen-bond acceptors (Lipinski definition) is 3. The summed E-state index contributed by atoms with van der Waals surface area (Å²) in [5.74, 6) is 1.54. The summed E-state index contributed by atoms with van der Waals surface area (Å²) in [6.07, 6.45) is 10.4. The van der Waals surface area contributed by atoms with Crippen molar-refractivity contribution in [1.82, 2.24) is 19.4 Å². The van der Waals surface area contributed by atoms with Crippen LogP contribution in [0.25, 0.3) is 0 Å². The molecule has 2 amide bonds. The van der Waals surface area contributed by atoms with Crippen molar-refractivity contribution in [2.45, 2.75) is 70.9 Å². The highest BCUT2D eigenvalue weighted by atomic mass is 16.2. The minimum atomic E-state index is 0.138. The van der Waals surface area contributed by atoms with Crippen LogP contribution in [0.15, 0.2) is 12.4 Å². The Bertz CT molecular complexity index is 686. The Hall–Kier alpha value is -1.85. The highest BCUT2D eigenvalue weighted by molar-refractivity contribution is 5.78. The SMILES string of the molecule is Cc1nccn1[C@@H](C)CC(=O)N1CCC2(CCC(=O)N(C3CC3)C2)CC1. The molecule has 6 heteroatoms. The third-order valence-corrected chi connectivity index (χ3v) is 6.67. The van der Waals surface area contributed by atoms with Crippen LogP contribution in [0, 0.1) is 12.3 Å². The van der Waals surface area contributed by atoms with Gasteiger partial charge >= 0.3 is 0 Å². The van der Waals surface area contributed by atoms with E-state index in [0.29, 0.717) is 24.8 Å². The Morgan fingerprint density at radius 3 is 2.65 bits per heavy atom. The third-order valence-electron chi connectivity index (χ3n) is 6.67. The molecule has 1 aromatic rings. The van der Waals surface area contributed by atoms with Crippen LogP contribution in [0.5, 0.6) is 0 Å². The smallest absolute Gasteiger partial charge is 0.224 e. The highest BCUT2D eigenvalue weighted by Crippen LogP contribution is 2.43. The van der Waals surface area contributed by atoms with E-state index in [1.54, 1.807) is 6.20 Å². The van der Waals surface area contributed by atoms with Crippen LogP contribution >= 0.6 is 0 Å². The summed E-state index contributed by atoms with van der Waals surface area (Å²) >= 11 is 0. The van der Waals surface area contributed by atoms with Crippen LogP contribution in [0.3, 0.4) is 0 Å². The molecule has 0 aromatic carbocycles. The summed E-state index contributed by atoms with van der Waals surface area (Å²) in [6.45, 7) is 6.64. The zero-order valence-corrected chi connectivity index (χ0v) is 16.0. The molecule has 1 aliphatic carbocycles. The number of hydrogen-bond donors (Lipinski definition) is 0. The Morgan fingerprint density at radius 2 is 2.04 bits per heavy atom. The van der Waals surface area contributed by atoms with Gasteiger partial charge in [-0.1, -0.05) is 0 Å². The van der Waals surface area contributed by atoms with Crippen molar-refractivity contribution in [3.05, 3.63) is 18.2 Å². The Labute approximate surface area is 155 Å². The van der Waals surface area contributed by atoms with Gasteiger partial charge in [0, 0.05) is 57.0 Å². The fourth-order valence-corrected chi connectivity index (χ4v) is 4.74. The molecule has 1 atom stereocenters. The van der Waals surface area contributed by atoms with E-state index in [1.807, 2.05) is 18.0 Å². The van der Waals surface area contributed by atoms with Gasteiger partial charge in [0.2, 0.25) is 11.8 Å². The first-order chi connectivity index (χ1) is 12.5. The van der Waals surface area contributed by atoms with Crippen LogP contribution in [0.4, 0.5) is 0 Å². The molecular weight excluding hydrogens is 328 g/mol. The summed E-state index contributed by atoms with van der Waals surface area (Å²) in [6, 6.07) is 0.650. The summed E-state index contributed by atoms with van der Waals surface area (Å²) in [5, 5.41) is 0. The largest absolute Gasteiger partial charge is 0.343 e. The van der Waals surface area contributed by atoms with Crippen LogP contribution < -0.4 is 0 Å². The van der Waals surface area contributed by atoms with Crippen molar-refractivity contribution < 1.29 is 9.59 Å². The fraction of sp³-hybridized carbons (Fsp3) is 0.750. The maximum Gasteiger partial charge on any atom is 0.224 e. The number of carbonyl (C=O) groups excluding carboxylic acids is 2. The number of piperidine rings is 2. The van der Waals surface area contributed by atoms with Gasteiger partial charge in [-0.05, 0) is 51.4 Å². The minimum Gasteiger partial charge on any atom is -0.343 e. The first-order valence-electron chi connectivity index (χ1n) is 10.0. The van der Waals surface area contributed by atoms with Gasteiger partial charge in [0.1, 0.15) is 5.82 Å². The van der Waals surface area contributed by atoms with E-state index in [1.165, 1.54) is 12.8 Å². The van der Waals surface area contributed by atoms with Gasteiger partial charge in [-0.3, -0.25) is 9.59 Å². The average molecular weight is 358 g/mol. The standard InChI is InChI=1S/C20H30N4O2/c1-15(23-12-9-21-16(23)2)13-19(26)22-10-7-20(8-11-22)6-5-18(25)24(14-20)17-3-4-17/h9,12,15,17H,3-8,10-11,13-14H2,1-2H3/t15-/m0/s1. The normalized spacial score (nSPS) is 24.2. The Kier molecular flexibility index (Phi) is 4.53. The molecule has 2 saturated heterocycles. The maximum atomic E-state index is 12.7. The quantitative estimate of drug-likeness (QED) is 0.831. The van der Waals surface area contributed by atoms with Gasteiger partial charge in [0.05, 0.1) is 0 Å². The van der Waals surface area contributed by atoms with Gasteiger partial charge in [-0.2, -0.15) is 0 Å². The molecule has 1 aromatic heterocycles. The second kappa shape index (κ2) is 6.71. The van der Waals surface area contributed by atoms with Crippen molar-refractivity contribution in [3.63, 3.8) is 0 Å². The average Bonchev–Trinajstić information content (AvgIpc) is 3.38. The lowest BCUT2D eigenvalue weighted by Gasteiger charge is -2.47. The fourth-order valence-electron chi connectivity index (χ4n) is 4.74. The van der Waals surface area contributed by atoms with E-state index < -0.39 is 0 Å². The van der Waals surface area contributed by atoms with Crippen molar-refractivity contribution in [3.8, 4) is 0 Å². The third kappa shape index (κ3) is 3.38. The molecule has 26 heavy (non-hydrogen) atoms. The number of imidazole rings is 1. The molecule has 3 heterocycles. The number of carbonyl (C=O) groups is 2. The first kappa shape index (κ1) is 17.6. The van der Waals surface area contributed by atoms with E-state index in [4.69, 9.17) is 0 Å². The molecule has 0 N–H and O–H groups in total. The van der Waals surface area contributed by atoms with Crippen molar-refractivity contribution >= 4 is 11.8 Å². The van der Waals surface area contributed by atoms with Crippen molar-refractivity contribution in [2.24, 2.45) is 5.41 Å². The van der Waals surface area contributed by atoms with E-state index >= 15 is 0 Å². The molecule has 142 valence electrons. The van der Waals surface area contributed by atoms with E-state index in [-0.39, 0.29) is 17.4 Å². The minimum absolute atomic E-state index is 0.138. The lowest BCUT2D eigenvalue weighted by Crippen LogP contribution is -2.53. The number of nitrogens with zero attached hydrogens (tertiary/aromatic N) is 4. The molecule has 3 fully saturated rings. The summed E-state index contributed by atoms with van der Waals surface area (Å²) in [5.41, 5.74) is 0.250. The molecule has 6 nitrogen and oxygen atoms in total. The van der Waals surface area contributed by atoms with E-state index in [2.05, 4.69) is 21.4 Å². The van der Waals surface area contributed by atoms with E-state index in [0.717, 1.165) is 44.7 Å². The van der Waals surface area contributed by atoms with Crippen LogP contribution in [0.1, 0.15) is 63.7 Å². The molecule has 0 bridgehead atoms. The lowest BCUT2D eigenvalue weighted by atomic mass is 9.72. The van der Waals surface area contributed by atoms with Crippen molar-refractivity contribution in [2.75, 3.05) is 19.6 Å². The predicted molar refractivity (Wildman–Crippen MR) is 98.5 cm³/mol. The molecule has 2 aliphatic heterocycles. The number of rotatable bonds is 4. The van der Waals surface area contributed by atoms with Gasteiger partial charge in [0.25, 0.3) is 0 Å². The summed E-state index contributed by atoms with van der Waals surface area (Å²) in [7, 11) is 0. The van der Waals surface area contributed by atoms with Crippen LogP contribution in [-0.2, 0) is 9.59 Å². The second-order valence-electron chi connectivity index (χ2n) is 8.57. The number of amides is 2. The molecular formula is C20H30N4O2. The zero-order valence-electron chi connectivity index (χ0n) is 16.0. The van der Waals surface area contributed by atoms with Gasteiger partial charge < -0.3 is 14.4 Å². The molecule has 1 spiro atoms. The highest BCUT2D eigenvalue weighted by Gasteiger charge is 2.45. The number of aryl methyl sites for hydroxylation is 1. The Balaban J connectivity index is 1.32. The first-order valence-corrected chi connectivity index (χ1v) is 10.0. The monoisotopic (exact) mass is 358 g/mol. The topological polar surface area (TPSA) is 58.4 Å². The molecule has 3 aliphatic rings. The number of aromatic nitrogens is 2. The van der Waals surface area contributed by atoms with Crippen LogP contribution in [0.2, 0.25) is 0 Å². The molecule has 0 radical (unpaired) electrons. The summed E-state index contributed by atoms with van der Waals surface area (Å²) < 4.78 is 2.07. The van der Waals surface area contributed by atoms with Gasteiger partial charge in [0.15, 0.2) is 0 Å². The van der Waals surface area contributed by atoms with Crippen LogP contribution in [-0.4, -0.2) is 56.8 Å². The molecule has 1 saturated carbocycles. The second-order valence-corrected chi connectivity index (χ2v) is 8.57. The predicted octanol–water partition coefficient (Wildman–Crippen LogP) is 2.54. The maximum absolute atomic E-state index is 12.7. The summed E-state index contributed by atoms with van der Waals surface area (Å²) in [4.78, 5) is 33.4. The Morgan fingerprint density at radius 1 is 1.31 bits per heavy atom. The molecule has 0 unspecified atom stereocenters. The van der Waals surface area contributed by atoms with Gasteiger partial charge in [-0.25, -0.2) is 4.98 Å². The number of likely N-dealkylation sites (tertiary alicyclic amines) is 2. The van der Waals surface area contributed by atoms with E-state index in [9.17, 15) is 9.59 Å². The van der Waals surface area contributed by atoms with Crippen molar-refractivity contribution in [1.29, 1.82) is 0 Å². The lowest BCUT2D eigenvalue weighted by molar-refractivity contribution is -0.143. The van der Waals surface area contributed by atoms with Gasteiger partial charge in [-0.15, -0.1) is 0 Å². The molecule has 4 rings (SSSR count). The zero-order chi connectivity index (χ0) is 18.3.